The number of hydrogen-bond donors (Lipinski definition) is 1. The van der Waals surface area contributed by atoms with Crippen molar-refractivity contribution in [2.24, 2.45) is 0 Å². The minimum atomic E-state index is -4.55. The van der Waals surface area contributed by atoms with Crippen molar-refractivity contribution < 1.29 is 27.4 Å². The molecule has 140 valence electrons. The van der Waals surface area contributed by atoms with Gasteiger partial charge < -0.3 is 14.8 Å². The molecule has 0 fully saturated rings. The molecule has 1 N–H and O–H groups in total. The van der Waals surface area contributed by atoms with Crippen LogP contribution in [0.2, 0.25) is 0 Å². The van der Waals surface area contributed by atoms with Gasteiger partial charge in [0.05, 0.1) is 31.5 Å². The molecule has 1 unspecified atom stereocenters. The molecule has 8 heteroatoms. The number of hydrogen-bond acceptors (Lipinski definition) is 4. The Bertz CT molecular complexity index is 807. The van der Waals surface area contributed by atoms with E-state index in [4.69, 9.17) is 9.47 Å². The van der Waals surface area contributed by atoms with Gasteiger partial charge in [0.1, 0.15) is 17.2 Å². The van der Waals surface area contributed by atoms with Gasteiger partial charge >= 0.3 is 6.18 Å². The molecule has 1 amide bonds. The van der Waals surface area contributed by atoms with E-state index >= 15 is 0 Å². The Hall–Kier alpha value is -2.77. The van der Waals surface area contributed by atoms with Crippen LogP contribution in [0.1, 0.15) is 40.3 Å². The predicted molar refractivity (Wildman–Crippen MR) is 89.4 cm³/mol. The number of methoxy groups -OCH3 is 2. The highest BCUT2D eigenvalue weighted by molar-refractivity contribution is 5.95. The van der Waals surface area contributed by atoms with Crippen LogP contribution < -0.4 is 14.8 Å². The van der Waals surface area contributed by atoms with Gasteiger partial charge in [-0.05, 0) is 38.1 Å². The van der Waals surface area contributed by atoms with Gasteiger partial charge in [-0.1, -0.05) is 0 Å². The van der Waals surface area contributed by atoms with Crippen molar-refractivity contribution in [3.05, 3.63) is 52.8 Å². The Morgan fingerprint density at radius 1 is 1.15 bits per heavy atom. The summed E-state index contributed by atoms with van der Waals surface area (Å²) in [5.41, 5.74) is -0.237. The van der Waals surface area contributed by atoms with Crippen LogP contribution in [-0.4, -0.2) is 25.1 Å². The van der Waals surface area contributed by atoms with Crippen LogP contribution in [0.4, 0.5) is 13.2 Å². The molecule has 26 heavy (non-hydrogen) atoms. The SMILES string of the molecule is COc1ccc(C(C)NC(=O)c2ccc(C(F)(F)F)nc2C)c(OC)c1. The first-order valence-electron chi connectivity index (χ1n) is 7.75. The summed E-state index contributed by atoms with van der Waals surface area (Å²) in [6.45, 7) is 3.11. The fourth-order valence-electron chi connectivity index (χ4n) is 2.49. The van der Waals surface area contributed by atoms with E-state index < -0.39 is 23.8 Å². The highest BCUT2D eigenvalue weighted by Crippen LogP contribution is 2.30. The Labute approximate surface area is 149 Å². The fourth-order valence-corrected chi connectivity index (χ4v) is 2.49. The Morgan fingerprint density at radius 2 is 1.85 bits per heavy atom. The minimum Gasteiger partial charge on any atom is -0.497 e. The summed E-state index contributed by atoms with van der Waals surface area (Å²) < 4.78 is 48.5. The fraction of sp³-hybridized carbons (Fsp3) is 0.333. The zero-order chi connectivity index (χ0) is 19.5. The van der Waals surface area contributed by atoms with Gasteiger partial charge in [0.15, 0.2) is 0 Å². The third kappa shape index (κ3) is 4.25. The van der Waals surface area contributed by atoms with Crippen LogP contribution in [0.3, 0.4) is 0 Å². The molecule has 0 radical (unpaired) electrons. The Balaban J connectivity index is 2.22. The van der Waals surface area contributed by atoms with Crippen molar-refractivity contribution >= 4 is 5.91 Å². The predicted octanol–water partition coefficient (Wildman–Crippen LogP) is 3.92. The second-order valence-electron chi connectivity index (χ2n) is 5.63. The van der Waals surface area contributed by atoms with E-state index in [0.717, 1.165) is 12.1 Å². The number of amides is 1. The molecular formula is C18H19F3N2O3. The van der Waals surface area contributed by atoms with Crippen molar-refractivity contribution in [3.63, 3.8) is 0 Å². The zero-order valence-electron chi connectivity index (χ0n) is 14.8. The van der Waals surface area contributed by atoms with Gasteiger partial charge in [0, 0.05) is 11.6 Å². The largest absolute Gasteiger partial charge is 0.497 e. The lowest BCUT2D eigenvalue weighted by atomic mass is 10.1. The monoisotopic (exact) mass is 368 g/mol. The number of alkyl halides is 3. The van der Waals surface area contributed by atoms with Crippen LogP contribution in [0.5, 0.6) is 11.5 Å². The molecule has 1 heterocycles. The zero-order valence-corrected chi connectivity index (χ0v) is 14.8. The maximum absolute atomic E-state index is 12.7. The van der Waals surface area contributed by atoms with Crippen LogP contribution in [-0.2, 0) is 6.18 Å². The van der Waals surface area contributed by atoms with E-state index in [-0.39, 0.29) is 11.3 Å². The standard InChI is InChI=1S/C18H19F3N2O3/c1-10(13-6-5-12(25-3)9-15(13)26-4)23-17(24)14-7-8-16(18(19,20)21)22-11(14)2/h5-10H,1-4H3,(H,23,24). The van der Waals surface area contributed by atoms with Crippen LogP contribution in [0.15, 0.2) is 30.3 Å². The number of carbonyl (C=O) groups excluding carboxylic acids is 1. The molecule has 2 rings (SSSR count). The topological polar surface area (TPSA) is 60.5 Å². The van der Waals surface area contributed by atoms with E-state index in [9.17, 15) is 18.0 Å². The lowest BCUT2D eigenvalue weighted by Crippen LogP contribution is -2.28. The number of rotatable bonds is 5. The maximum atomic E-state index is 12.7. The average Bonchev–Trinajstić information content (AvgIpc) is 2.59. The number of nitrogens with one attached hydrogen (secondary N) is 1. The summed E-state index contributed by atoms with van der Waals surface area (Å²) in [7, 11) is 3.02. The first-order chi connectivity index (χ1) is 12.2. The van der Waals surface area contributed by atoms with Gasteiger partial charge in [-0.15, -0.1) is 0 Å². The molecule has 1 aromatic heterocycles. The molecule has 5 nitrogen and oxygen atoms in total. The summed E-state index contributed by atoms with van der Waals surface area (Å²) in [5.74, 6) is 0.612. The number of ether oxygens (including phenoxy) is 2. The number of halogens is 3. The third-order valence-corrected chi connectivity index (χ3v) is 3.88. The molecule has 0 saturated heterocycles. The van der Waals surface area contributed by atoms with Crippen LogP contribution in [0.25, 0.3) is 0 Å². The summed E-state index contributed by atoms with van der Waals surface area (Å²) in [4.78, 5) is 15.9. The highest BCUT2D eigenvalue weighted by Gasteiger charge is 2.33. The van der Waals surface area contributed by atoms with E-state index in [1.165, 1.54) is 21.1 Å². The first-order valence-corrected chi connectivity index (χ1v) is 7.75. The summed E-state index contributed by atoms with van der Waals surface area (Å²) in [5, 5.41) is 2.74. The molecular weight excluding hydrogens is 349 g/mol. The van der Waals surface area contributed by atoms with Gasteiger partial charge in [-0.3, -0.25) is 4.79 Å². The molecule has 0 aliphatic rings. The molecule has 0 aliphatic heterocycles. The lowest BCUT2D eigenvalue weighted by Gasteiger charge is -2.19. The van der Waals surface area contributed by atoms with Crippen LogP contribution >= 0.6 is 0 Å². The van der Waals surface area contributed by atoms with Crippen molar-refractivity contribution in [1.29, 1.82) is 0 Å². The van der Waals surface area contributed by atoms with Gasteiger partial charge in [0.25, 0.3) is 5.91 Å². The highest BCUT2D eigenvalue weighted by atomic mass is 19.4. The smallest absolute Gasteiger partial charge is 0.433 e. The quantitative estimate of drug-likeness (QED) is 0.869. The second-order valence-corrected chi connectivity index (χ2v) is 5.63. The van der Waals surface area contributed by atoms with Crippen molar-refractivity contribution in [3.8, 4) is 11.5 Å². The van der Waals surface area contributed by atoms with Crippen molar-refractivity contribution in [2.75, 3.05) is 14.2 Å². The third-order valence-electron chi connectivity index (χ3n) is 3.88. The molecule has 1 atom stereocenters. The number of aryl methyl sites for hydroxylation is 1. The average molecular weight is 368 g/mol. The van der Waals surface area contributed by atoms with Crippen molar-refractivity contribution in [1.82, 2.24) is 10.3 Å². The molecule has 1 aromatic carbocycles. The van der Waals surface area contributed by atoms with Crippen LogP contribution in [0, 0.1) is 6.92 Å². The summed E-state index contributed by atoms with van der Waals surface area (Å²) in [6.07, 6.45) is -4.55. The summed E-state index contributed by atoms with van der Waals surface area (Å²) in [6, 6.07) is 6.64. The van der Waals surface area contributed by atoms with E-state index in [1.807, 2.05) is 0 Å². The molecule has 0 saturated carbocycles. The van der Waals surface area contributed by atoms with E-state index in [1.54, 1.807) is 25.1 Å². The number of nitrogens with zero attached hydrogens (tertiary/aromatic N) is 1. The summed E-state index contributed by atoms with van der Waals surface area (Å²) >= 11 is 0. The molecule has 0 aliphatic carbocycles. The van der Waals surface area contributed by atoms with E-state index in [0.29, 0.717) is 17.1 Å². The lowest BCUT2D eigenvalue weighted by molar-refractivity contribution is -0.141. The van der Waals surface area contributed by atoms with Gasteiger partial charge in [-0.25, -0.2) is 4.98 Å². The Morgan fingerprint density at radius 3 is 2.38 bits per heavy atom. The second kappa shape index (κ2) is 7.63. The number of carbonyl (C=O) groups is 1. The van der Waals surface area contributed by atoms with E-state index in [2.05, 4.69) is 10.3 Å². The maximum Gasteiger partial charge on any atom is 0.433 e. The number of benzene rings is 1. The molecule has 0 spiro atoms. The normalized spacial score (nSPS) is 12.4. The van der Waals surface area contributed by atoms with Crippen molar-refractivity contribution in [2.45, 2.75) is 26.1 Å². The van der Waals surface area contributed by atoms with Gasteiger partial charge in [0.2, 0.25) is 0 Å². The first kappa shape index (κ1) is 19.6. The number of pyridine rings is 1. The molecule has 0 bridgehead atoms. The Kier molecular flexibility index (Phi) is 5.74. The molecule has 2 aromatic rings. The minimum absolute atomic E-state index is 0.00576. The van der Waals surface area contributed by atoms with Gasteiger partial charge in [-0.2, -0.15) is 13.2 Å². The number of aromatic nitrogens is 1.